The monoisotopic (exact) mass is 668 g/mol. The predicted molar refractivity (Wildman–Crippen MR) is 165 cm³/mol. The molecule has 0 aromatic carbocycles. The van der Waals surface area contributed by atoms with E-state index in [1.54, 1.807) is 6.92 Å². The van der Waals surface area contributed by atoms with Gasteiger partial charge in [0.15, 0.2) is 17.4 Å². The van der Waals surface area contributed by atoms with Crippen LogP contribution in [-0.2, 0) is 32.9 Å². The third-order valence-electron chi connectivity index (χ3n) is 6.94. The number of nitriles is 1. The van der Waals surface area contributed by atoms with Crippen LogP contribution >= 0.6 is 7.67 Å². The topological polar surface area (TPSA) is 235 Å². The second kappa shape index (κ2) is 15.5. The molecule has 17 nitrogen and oxygen atoms in total. The molecule has 3 heterocycles. The molecule has 7 atom stereocenters. The van der Waals surface area contributed by atoms with Gasteiger partial charge in [0.2, 0.25) is 11.8 Å². The van der Waals surface area contributed by atoms with Gasteiger partial charge < -0.3 is 34.3 Å². The Labute approximate surface area is 268 Å². The number of anilines is 1. The summed E-state index contributed by atoms with van der Waals surface area (Å²) in [5.41, 5.74) is 4.79. The molecule has 0 spiro atoms. The number of hydrogen-bond donors (Lipinski definition) is 4. The maximum absolute atomic E-state index is 14.1. The van der Waals surface area contributed by atoms with E-state index in [9.17, 15) is 24.5 Å². The number of aromatic nitrogens is 4. The minimum atomic E-state index is -4.25. The van der Waals surface area contributed by atoms with Gasteiger partial charge in [-0.2, -0.15) is 15.2 Å². The van der Waals surface area contributed by atoms with Gasteiger partial charge in [0.25, 0.3) is 0 Å². The maximum Gasteiger partial charge on any atom is 0.342 e. The van der Waals surface area contributed by atoms with Gasteiger partial charge >= 0.3 is 19.6 Å². The molecule has 2 aromatic heterocycles. The highest BCUT2D eigenvalue weighted by Crippen LogP contribution is 2.48. The number of hydrogen-bond acceptors (Lipinski definition) is 14. The van der Waals surface area contributed by atoms with Gasteiger partial charge in [-0.3, -0.25) is 18.7 Å². The number of carbonyl (C=O) groups excluding carboxylic acids is 2. The minimum Gasteiger partial charge on any atom is -0.476 e. The van der Waals surface area contributed by atoms with Crippen molar-refractivity contribution in [3.63, 3.8) is 0 Å². The van der Waals surface area contributed by atoms with Gasteiger partial charge in [0.1, 0.15) is 29.7 Å². The number of esters is 2. The van der Waals surface area contributed by atoms with Crippen molar-refractivity contribution in [2.24, 2.45) is 17.3 Å². The SMILES string of the molecule is CCOc1nc(N)nc2c1ncn2[C@@H]1O[C@H](COP(=O)(N[C@@H](C)C(=O)OCC(C)C)N[C@H](C)C(=O)OCC(C)C)[C@@H](O)[C@@]1(C)C#N. The van der Waals surface area contributed by atoms with Crippen molar-refractivity contribution >= 4 is 36.7 Å². The van der Waals surface area contributed by atoms with Gasteiger partial charge in [-0.05, 0) is 39.5 Å². The predicted octanol–water partition coefficient (Wildman–Crippen LogP) is 2.07. The van der Waals surface area contributed by atoms with Crippen LogP contribution in [0.3, 0.4) is 0 Å². The number of aliphatic hydroxyl groups excluding tert-OH is 1. The smallest absolute Gasteiger partial charge is 0.342 e. The highest BCUT2D eigenvalue weighted by Gasteiger charge is 2.55. The first-order valence-corrected chi connectivity index (χ1v) is 16.7. The lowest BCUT2D eigenvalue weighted by Gasteiger charge is -2.27. The summed E-state index contributed by atoms with van der Waals surface area (Å²) in [7, 11) is -4.25. The molecule has 1 fully saturated rings. The summed E-state index contributed by atoms with van der Waals surface area (Å²) in [4.78, 5) is 37.8. The lowest BCUT2D eigenvalue weighted by atomic mass is 9.84. The number of aliphatic hydroxyl groups is 1. The number of imidazole rings is 1. The van der Waals surface area contributed by atoms with Crippen molar-refractivity contribution < 1.29 is 42.7 Å². The van der Waals surface area contributed by atoms with E-state index in [-0.39, 0.29) is 54.6 Å². The fraction of sp³-hybridized carbons (Fsp3) is 0.714. The van der Waals surface area contributed by atoms with Crippen LogP contribution in [0.5, 0.6) is 5.88 Å². The molecular weight excluding hydrogens is 623 g/mol. The standard InChI is InChI=1S/C28H45N8O9P/c1-9-41-23-20-22(32-27(30)33-23)36(14-31-20)26-28(8,13-29)21(37)19(45-26)12-44-46(40,34-17(6)24(38)42-10-15(2)3)35-18(7)25(39)43-11-16(4)5/h14-19,21,26,37H,9-12H2,1-8H3,(H2,30,32,33)(H2,34,35,40)/t17-,18+,19-,21-,26-,28-,46?/m1/s1. The third kappa shape index (κ3) is 8.69. The Morgan fingerprint density at radius 3 is 2.20 bits per heavy atom. The van der Waals surface area contributed by atoms with Gasteiger partial charge in [-0.15, -0.1) is 0 Å². The van der Waals surface area contributed by atoms with Crippen LogP contribution in [0.4, 0.5) is 5.95 Å². The summed E-state index contributed by atoms with van der Waals surface area (Å²) in [5.74, 6) is -1.21. The molecule has 3 rings (SSSR count). The Balaban J connectivity index is 1.87. The van der Waals surface area contributed by atoms with Crippen molar-refractivity contribution in [2.75, 3.05) is 32.2 Å². The van der Waals surface area contributed by atoms with Crippen molar-refractivity contribution in [2.45, 2.75) is 85.9 Å². The zero-order chi connectivity index (χ0) is 34.4. The highest BCUT2D eigenvalue weighted by atomic mass is 31.2. The van der Waals surface area contributed by atoms with E-state index in [0.717, 1.165) is 0 Å². The van der Waals surface area contributed by atoms with Gasteiger partial charge in [-0.1, -0.05) is 27.7 Å². The van der Waals surface area contributed by atoms with Crippen LogP contribution in [0.2, 0.25) is 0 Å². The second-order valence-electron chi connectivity index (χ2n) is 12.1. The van der Waals surface area contributed by atoms with E-state index in [1.807, 2.05) is 27.7 Å². The van der Waals surface area contributed by atoms with E-state index in [0.29, 0.717) is 0 Å². The fourth-order valence-electron chi connectivity index (χ4n) is 4.49. The van der Waals surface area contributed by atoms with Crippen LogP contribution in [0.1, 0.15) is 61.6 Å². The Bertz CT molecular complexity index is 1430. The first kappa shape index (κ1) is 37.1. The summed E-state index contributed by atoms with van der Waals surface area (Å²) in [6.45, 7) is 13.6. The zero-order valence-electron chi connectivity index (χ0n) is 27.4. The van der Waals surface area contributed by atoms with Crippen LogP contribution < -0.4 is 20.6 Å². The van der Waals surface area contributed by atoms with Crippen molar-refractivity contribution in [1.29, 1.82) is 5.26 Å². The van der Waals surface area contributed by atoms with E-state index in [1.165, 1.54) is 31.7 Å². The first-order chi connectivity index (χ1) is 21.5. The number of fused-ring (bicyclic) bond motifs is 1. The van der Waals surface area contributed by atoms with E-state index >= 15 is 0 Å². The molecule has 1 unspecified atom stereocenters. The van der Waals surface area contributed by atoms with Crippen molar-refractivity contribution in [1.82, 2.24) is 29.7 Å². The maximum atomic E-state index is 14.1. The summed E-state index contributed by atoms with van der Waals surface area (Å²) < 4.78 is 43.5. The number of nitrogen functional groups attached to an aromatic ring is 1. The largest absolute Gasteiger partial charge is 0.476 e. The molecule has 1 aliphatic rings. The number of nitrogens with two attached hydrogens (primary N) is 1. The average molecular weight is 669 g/mol. The molecule has 1 aliphatic heterocycles. The molecule has 0 saturated carbocycles. The quantitative estimate of drug-likeness (QED) is 0.148. The van der Waals surface area contributed by atoms with E-state index < -0.39 is 62.2 Å². The number of ether oxygens (including phenoxy) is 4. The number of carbonyl (C=O) groups is 2. The Hall–Kier alpha value is -3.39. The van der Waals surface area contributed by atoms with E-state index in [4.69, 9.17) is 29.2 Å². The van der Waals surface area contributed by atoms with Gasteiger partial charge in [0.05, 0.1) is 38.8 Å². The van der Waals surface area contributed by atoms with Crippen molar-refractivity contribution in [3.8, 4) is 11.9 Å². The van der Waals surface area contributed by atoms with Crippen LogP contribution in [0, 0.1) is 28.6 Å². The number of nitrogens with zero attached hydrogens (tertiary/aromatic N) is 5. The van der Waals surface area contributed by atoms with Gasteiger partial charge in [0, 0.05) is 0 Å². The zero-order valence-corrected chi connectivity index (χ0v) is 28.3. The van der Waals surface area contributed by atoms with Crippen LogP contribution in [0.25, 0.3) is 11.2 Å². The Morgan fingerprint density at radius 2 is 1.70 bits per heavy atom. The van der Waals surface area contributed by atoms with Crippen LogP contribution in [0.15, 0.2) is 6.33 Å². The van der Waals surface area contributed by atoms with Gasteiger partial charge in [-0.25, -0.2) is 15.2 Å². The minimum absolute atomic E-state index is 0.0674. The molecule has 5 N–H and O–H groups in total. The summed E-state index contributed by atoms with van der Waals surface area (Å²) in [6, 6.07) is -0.134. The van der Waals surface area contributed by atoms with E-state index in [2.05, 4.69) is 31.2 Å². The molecular formula is C28H45N8O9P. The molecule has 18 heteroatoms. The third-order valence-corrected chi connectivity index (χ3v) is 8.90. The fourth-order valence-corrected chi connectivity index (χ4v) is 6.30. The summed E-state index contributed by atoms with van der Waals surface area (Å²) in [6.07, 6.45) is -2.45. The lowest BCUT2D eigenvalue weighted by Crippen LogP contribution is -2.44. The summed E-state index contributed by atoms with van der Waals surface area (Å²) in [5, 5.41) is 26.7. The average Bonchev–Trinajstić information content (AvgIpc) is 3.51. The first-order valence-electron chi connectivity index (χ1n) is 15.1. The van der Waals surface area contributed by atoms with Crippen LogP contribution in [-0.4, -0.2) is 87.3 Å². The molecule has 0 bridgehead atoms. The molecule has 0 aliphatic carbocycles. The Kier molecular flexibility index (Phi) is 12.5. The number of nitrogens with one attached hydrogen (secondary N) is 2. The molecule has 0 radical (unpaired) electrons. The molecule has 0 amide bonds. The molecule has 1 saturated heterocycles. The normalized spacial score (nSPS) is 24.0. The second-order valence-corrected chi connectivity index (χ2v) is 14.0. The highest BCUT2D eigenvalue weighted by molar-refractivity contribution is 7.54. The van der Waals surface area contributed by atoms with Crippen molar-refractivity contribution in [3.05, 3.63) is 6.33 Å². The lowest BCUT2D eigenvalue weighted by molar-refractivity contribution is -0.146. The Morgan fingerprint density at radius 1 is 1.13 bits per heavy atom. The molecule has 46 heavy (non-hydrogen) atoms. The number of rotatable bonds is 16. The summed E-state index contributed by atoms with van der Waals surface area (Å²) >= 11 is 0. The molecule has 2 aromatic rings. The molecule has 256 valence electrons.